The first-order valence-corrected chi connectivity index (χ1v) is 4.09. The van der Waals surface area contributed by atoms with Gasteiger partial charge in [0.1, 0.15) is 0 Å². The van der Waals surface area contributed by atoms with Crippen molar-refractivity contribution < 1.29 is 4.74 Å². The third kappa shape index (κ3) is 1.39. The fraction of sp³-hybridized carbons (Fsp3) is 1.00. The summed E-state index contributed by atoms with van der Waals surface area (Å²) in [5, 5.41) is 0.698. The summed E-state index contributed by atoms with van der Waals surface area (Å²) in [6.07, 6.45) is 0.466. The maximum absolute atomic E-state index is 5.37. The minimum absolute atomic E-state index is 0.466. The number of rotatable bonds is 0. The highest BCUT2D eigenvalue weighted by Crippen LogP contribution is 2.20. The Balaban J connectivity index is 2.28. The molecule has 1 nitrogen and oxygen atoms in total. The van der Waals surface area contributed by atoms with Crippen LogP contribution < -0.4 is 0 Å². The van der Waals surface area contributed by atoms with Crippen LogP contribution in [0, 0.1) is 0 Å². The minimum Gasteiger partial charge on any atom is -0.377 e. The van der Waals surface area contributed by atoms with E-state index in [1.807, 2.05) is 11.8 Å². The van der Waals surface area contributed by atoms with Crippen molar-refractivity contribution in [1.29, 1.82) is 0 Å². The van der Waals surface area contributed by atoms with Gasteiger partial charge in [-0.25, -0.2) is 0 Å². The van der Waals surface area contributed by atoms with Crippen LogP contribution in [0.5, 0.6) is 0 Å². The molecule has 0 aromatic carbocycles. The summed E-state index contributed by atoms with van der Waals surface area (Å²) in [6.45, 7) is 5.29. The molecule has 0 aliphatic carbocycles. The smallest absolute Gasteiger partial charge is 0.0663 e. The van der Waals surface area contributed by atoms with E-state index in [9.17, 15) is 0 Å². The summed E-state index contributed by atoms with van der Waals surface area (Å²) in [5.41, 5.74) is 0. The first-order valence-electron chi connectivity index (χ1n) is 3.04. The Morgan fingerprint density at radius 2 is 2.25 bits per heavy atom. The van der Waals surface area contributed by atoms with Crippen LogP contribution in [0.25, 0.3) is 0 Å². The maximum Gasteiger partial charge on any atom is 0.0663 e. The Bertz CT molecular complexity index is 64.9. The number of ether oxygens (including phenoxy) is 1. The van der Waals surface area contributed by atoms with Gasteiger partial charge in [0.2, 0.25) is 0 Å². The van der Waals surface area contributed by atoms with Crippen molar-refractivity contribution in [3.05, 3.63) is 0 Å². The molecule has 1 aliphatic rings. The molecule has 1 saturated heterocycles. The van der Waals surface area contributed by atoms with Gasteiger partial charge in [-0.2, -0.15) is 11.8 Å². The van der Waals surface area contributed by atoms with Crippen LogP contribution in [0.1, 0.15) is 13.8 Å². The van der Waals surface area contributed by atoms with E-state index in [0.717, 1.165) is 6.61 Å². The molecular weight excluding hydrogens is 120 g/mol. The van der Waals surface area contributed by atoms with Gasteiger partial charge < -0.3 is 4.74 Å². The van der Waals surface area contributed by atoms with E-state index in [2.05, 4.69) is 13.8 Å². The second-order valence-corrected chi connectivity index (χ2v) is 3.64. The summed E-state index contributed by atoms with van der Waals surface area (Å²) >= 11 is 2.00. The molecule has 8 heavy (non-hydrogen) atoms. The predicted octanol–water partition coefficient (Wildman–Crippen LogP) is 1.53. The Morgan fingerprint density at radius 1 is 1.50 bits per heavy atom. The van der Waals surface area contributed by atoms with Crippen molar-refractivity contribution in [3.63, 3.8) is 0 Å². The van der Waals surface area contributed by atoms with Crippen molar-refractivity contribution in [2.75, 3.05) is 12.4 Å². The largest absolute Gasteiger partial charge is 0.377 e. The Labute approximate surface area is 54.8 Å². The molecule has 1 fully saturated rings. The van der Waals surface area contributed by atoms with Crippen molar-refractivity contribution in [1.82, 2.24) is 0 Å². The summed E-state index contributed by atoms with van der Waals surface area (Å²) in [6, 6.07) is 0. The minimum atomic E-state index is 0.466. The first-order chi connectivity index (χ1) is 3.80. The lowest BCUT2D eigenvalue weighted by Crippen LogP contribution is -2.27. The van der Waals surface area contributed by atoms with Crippen LogP contribution in [-0.4, -0.2) is 23.7 Å². The fourth-order valence-electron chi connectivity index (χ4n) is 0.739. The molecule has 0 N–H and O–H groups in total. The Kier molecular flexibility index (Phi) is 2.20. The third-order valence-electron chi connectivity index (χ3n) is 1.51. The SMILES string of the molecule is C[C@@H]1OCCS[C@@H]1C. The molecular formula is C6H12OS. The number of thioether (sulfide) groups is 1. The van der Waals surface area contributed by atoms with Gasteiger partial charge in [-0.15, -0.1) is 0 Å². The monoisotopic (exact) mass is 132 g/mol. The van der Waals surface area contributed by atoms with Gasteiger partial charge >= 0.3 is 0 Å². The fourth-order valence-corrected chi connectivity index (χ4v) is 1.65. The lowest BCUT2D eigenvalue weighted by Gasteiger charge is -2.24. The van der Waals surface area contributed by atoms with Crippen LogP contribution in [0.2, 0.25) is 0 Å². The van der Waals surface area contributed by atoms with Crippen LogP contribution in [0.4, 0.5) is 0 Å². The van der Waals surface area contributed by atoms with E-state index in [1.54, 1.807) is 0 Å². The molecule has 0 spiro atoms. The summed E-state index contributed by atoms with van der Waals surface area (Å²) < 4.78 is 5.37. The Morgan fingerprint density at radius 3 is 2.62 bits per heavy atom. The normalized spacial score (nSPS) is 39.8. The predicted molar refractivity (Wildman–Crippen MR) is 37.3 cm³/mol. The van der Waals surface area contributed by atoms with Crippen molar-refractivity contribution in [2.45, 2.75) is 25.2 Å². The molecule has 1 heterocycles. The standard InChI is InChI=1S/C6H12OS/c1-5-6(2)8-4-3-7-5/h5-6H,3-4H2,1-2H3/t5-,6+/m0/s1. The van der Waals surface area contributed by atoms with E-state index in [-0.39, 0.29) is 0 Å². The van der Waals surface area contributed by atoms with Gasteiger partial charge in [0.25, 0.3) is 0 Å². The zero-order valence-corrected chi connectivity index (χ0v) is 6.20. The molecule has 0 aromatic rings. The number of hydrogen-bond donors (Lipinski definition) is 0. The highest BCUT2D eigenvalue weighted by Gasteiger charge is 2.16. The second kappa shape index (κ2) is 2.74. The third-order valence-corrected chi connectivity index (χ3v) is 2.82. The van der Waals surface area contributed by atoms with Crippen molar-refractivity contribution >= 4 is 11.8 Å². The van der Waals surface area contributed by atoms with Gasteiger partial charge in [0, 0.05) is 11.0 Å². The van der Waals surface area contributed by atoms with Crippen LogP contribution >= 0.6 is 11.8 Å². The van der Waals surface area contributed by atoms with Gasteiger partial charge in [-0.05, 0) is 6.92 Å². The molecule has 0 bridgehead atoms. The summed E-state index contributed by atoms with van der Waals surface area (Å²) in [7, 11) is 0. The molecule has 0 radical (unpaired) electrons. The second-order valence-electron chi connectivity index (χ2n) is 2.15. The Hall–Kier alpha value is 0.310. The van der Waals surface area contributed by atoms with E-state index in [0.29, 0.717) is 11.4 Å². The first kappa shape index (κ1) is 6.43. The molecule has 1 aliphatic heterocycles. The topological polar surface area (TPSA) is 9.23 Å². The summed E-state index contributed by atoms with van der Waals surface area (Å²) in [4.78, 5) is 0. The van der Waals surface area contributed by atoms with Crippen LogP contribution in [0.3, 0.4) is 0 Å². The zero-order valence-electron chi connectivity index (χ0n) is 5.39. The van der Waals surface area contributed by atoms with Gasteiger partial charge in [-0.3, -0.25) is 0 Å². The van der Waals surface area contributed by atoms with E-state index < -0.39 is 0 Å². The molecule has 2 atom stereocenters. The molecule has 2 heteroatoms. The lowest BCUT2D eigenvalue weighted by atomic mass is 10.3. The molecule has 0 unspecified atom stereocenters. The van der Waals surface area contributed by atoms with Crippen molar-refractivity contribution in [2.24, 2.45) is 0 Å². The molecule has 1 rings (SSSR count). The molecule has 48 valence electrons. The number of hydrogen-bond acceptors (Lipinski definition) is 2. The zero-order chi connectivity index (χ0) is 5.98. The van der Waals surface area contributed by atoms with E-state index >= 15 is 0 Å². The molecule has 0 aromatic heterocycles. The summed E-state index contributed by atoms with van der Waals surface area (Å²) in [5.74, 6) is 1.17. The average molecular weight is 132 g/mol. The highest BCUT2D eigenvalue weighted by atomic mass is 32.2. The van der Waals surface area contributed by atoms with E-state index in [4.69, 9.17) is 4.74 Å². The highest BCUT2D eigenvalue weighted by molar-refractivity contribution is 8.00. The average Bonchev–Trinajstić information content (AvgIpc) is 1.77. The van der Waals surface area contributed by atoms with Gasteiger partial charge in [0.15, 0.2) is 0 Å². The van der Waals surface area contributed by atoms with Crippen LogP contribution in [-0.2, 0) is 4.74 Å². The quantitative estimate of drug-likeness (QED) is 0.494. The lowest BCUT2D eigenvalue weighted by molar-refractivity contribution is 0.0725. The van der Waals surface area contributed by atoms with Gasteiger partial charge in [-0.1, -0.05) is 6.92 Å². The van der Waals surface area contributed by atoms with Gasteiger partial charge in [0.05, 0.1) is 12.7 Å². The van der Waals surface area contributed by atoms with Crippen molar-refractivity contribution in [3.8, 4) is 0 Å². The molecule has 0 saturated carbocycles. The van der Waals surface area contributed by atoms with E-state index in [1.165, 1.54) is 5.75 Å². The molecule has 0 amide bonds. The maximum atomic E-state index is 5.37. The van der Waals surface area contributed by atoms with Crippen LogP contribution in [0.15, 0.2) is 0 Å².